The van der Waals surface area contributed by atoms with Crippen LogP contribution in [0.2, 0.25) is 0 Å². The molecule has 0 saturated carbocycles. The Balaban J connectivity index is 2.09. The van der Waals surface area contributed by atoms with Gasteiger partial charge < -0.3 is 4.90 Å². The Hall–Kier alpha value is -0.630. The standard InChI is InChI=1S/C15H23NS/c1-3-17-13(2)14-8-7-9-15(12-14)16-10-5-4-6-11-16/h7-9,12-13H,3-6,10-11H2,1-2H3. The Morgan fingerprint density at radius 1 is 1.24 bits per heavy atom. The molecule has 1 nitrogen and oxygen atoms in total. The van der Waals surface area contributed by atoms with Crippen LogP contribution in [0.15, 0.2) is 24.3 Å². The van der Waals surface area contributed by atoms with Crippen molar-refractivity contribution in [3.63, 3.8) is 0 Å². The first kappa shape index (κ1) is 12.8. The van der Waals surface area contributed by atoms with E-state index in [2.05, 4.69) is 43.0 Å². The number of hydrogen-bond acceptors (Lipinski definition) is 2. The molecule has 0 aliphatic carbocycles. The van der Waals surface area contributed by atoms with Crippen LogP contribution in [0.4, 0.5) is 5.69 Å². The van der Waals surface area contributed by atoms with Gasteiger partial charge in [-0.1, -0.05) is 19.1 Å². The van der Waals surface area contributed by atoms with Crippen LogP contribution in [0.25, 0.3) is 0 Å². The molecule has 94 valence electrons. The first-order chi connectivity index (χ1) is 8.31. The van der Waals surface area contributed by atoms with Crippen LogP contribution in [-0.4, -0.2) is 18.8 Å². The van der Waals surface area contributed by atoms with Gasteiger partial charge in [0.15, 0.2) is 0 Å². The number of thioether (sulfide) groups is 1. The summed E-state index contributed by atoms with van der Waals surface area (Å²) in [5.74, 6) is 1.19. The van der Waals surface area contributed by atoms with Crippen molar-refractivity contribution >= 4 is 17.4 Å². The van der Waals surface area contributed by atoms with E-state index in [0.717, 1.165) is 0 Å². The van der Waals surface area contributed by atoms with Gasteiger partial charge in [0.05, 0.1) is 0 Å². The van der Waals surface area contributed by atoms with Crippen molar-refractivity contribution in [2.75, 3.05) is 23.7 Å². The summed E-state index contributed by atoms with van der Waals surface area (Å²) in [6, 6.07) is 9.13. The molecule has 0 bridgehead atoms. The highest BCUT2D eigenvalue weighted by Crippen LogP contribution is 2.30. The van der Waals surface area contributed by atoms with Crippen molar-refractivity contribution in [2.24, 2.45) is 0 Å². The Kier molecular flexibility index (Phi) is 4.78. The fourth-order valence-corrected chi connectivity index (χ4v) is 3.31. The molecule has 0 radical (unpaired) electrons. The molecule has 2 rings (SSSR count). The second-order valence-corrected chi connectivity index (χ2v) is 6.36. The van der Waals surface area contributed by atoms with E-state index < -0.39 is 0 Å². The first-order valence-electron chi connectivity index (χ1n) is 6.77. The molecule has 2 heteroatoms. The van der Waals surface area contributed by atoms with Crippen molar-refractivity contribution in [3.05, 3.63) is 29.8 Å². The predicted molar refractivity (Wildman–Crippen MR) is 79.1 cm³/mol. The highest BCUT2D eigenvalue weighted by molar-refractivity contribution is 7.99. The van der Waals surface area contributed by atoms with Gasteiger partial charge in [-0.25, -0.2) is 0 Å². The molecule has 0 amide bonds. The van der Waals surface area contributed by atoms with Crippen molar-refractivity contribution in [2.45, 2.75) is 38.4 Å². The zero-order chi connectivity index (χ0) is 12.1. The fourth-order valence-electron chi connectivity index (χ4n) is 2.47. The molecule has 0 aromatic heterocycles. The molecular weight excluding hydrogens is 226 g/mol. The summed E-state index contributed by atoms with van der Waals surface area (Å²) in [5, 5.41) is 0.616. The van der Waals surface area contributed by atoms with Crippen LogP contribution in [-0.2, 0) is 0 Å². The molecule has 1 fully saturated rings. The van der Waals surface area contributed by atoms with Gasteiger partial charge in [0, 0.05) is 24.0 Å². The third-order valence-electron chi connectivity index (χ3n) is 3.48. The van der Waals surface area contributed by atoms with E-state index in [0.29, 0.717) is 5.25 Å². The molecule has 1 unspecified atom stereocenters. The highest BCUT2D eigenvalue weighted by Gasteiger charge is 2.12. The smallest absolute Gasteiger partial charge is 0.0369 e. The third-order valence-corrected chi connectivity index (χ3v) is 4.58. The summed E-state index contributed by atoms with van der Waals surface area (Å²) in [6.07, 6.45) is 4.10. The minimum atomic E-state index is 0.616. The van der Waals surface area contributed by atoms with E-state index in [-0.39, 0.29) is 0 Å². The Morgan fingerprint density at radius 2 is 2.00 bits per heavy atom. The van der Waals surface area contributed by atoms with E-state index in [4.69, 9.17) is 0 Å². The minimum absolute atomic E-state index is 0.616. The average molecular weight is 249 g/mol. The predicted octanol–water partition coefficient (Wildman–Crippen LogP) is 4.49. The lowest BCUT2D eigenvalue weighted by molar-refractivity contribution is 0.577. The molecule has 1 saturated heterocycles. The van der Waals surface area contributed by atoms with Gasteiger partial charge >= 0.3 is 0 Å². The van der Waals surface area contributed by atoms with Gasteiger partial charge in [-0.05, 0) is 49.6 Å². The second-order valence-electron chi connectivity index (χ2n) is 4.74. The summed E-state index contributed by atoms with van der Waals surface area (Å²) in [5.41, 5.74) is 2.89. The summed E-state index contributed by atoms with van der Waals surface area (Å²) in [7, 11) is 0. The Labute approximate surface area is 110 Å². The lowest BCUT2D eigenvalue weighted by Crippen LogP contribution is -2.29. The van der Waals surface area contributed by atoms with E-state index in [1.54, 1.807) is 0 Å². The van der Waals surface area contributed by atoms with E-state index in [1.165, 1.54) is 49.4 Å². The SMILES string of the molecule is CCSC(C)c1cccc(N2CCCCC2)c1. The van der Waals surface area contributed by atoms with Gasteiger partial charge in [-0.2, -0.15) is 11.8 Å². The molecule has 1 heterocycles. The van der Waals surface area contributed by atoms with Gasteiger partial charge in [-0.15, -0.1) is 0 Å². The monoisotopic (exact) mass is 249 g/mol. The normalized spacial score (nSPS) is 18.1. The molecule has 1 atom stereocenters. The van der Waals surface area contributed by atoms with Gasteiger partial charge in [0.2, 0.25) is 0 Å². The number of piperidine rings is 1. The van der Waals surface area contributed by atoms with Crippen LogP contribution >= 0.6 is 11.8 Å². The summed E-state index contributed by atoms with van der Waals surface area (Å²) in [6.45, 7) is 7.01. The number of nitrogens with zero attached hydrogens (tertiary/aromatic N) is 1. The fraction of sp³-hybridized carbons (Fsp3) is 0.600. The van der Waals surface area contributed by atoms with Crippen LogP contribution in [0.1, 0.15) is 43.9 Å². The molecule has 0 N–H and O–H groups in total. The zero-order valence-electron chi connectivity index (χ0n) is 11.0. The van der Waals surface area contributed by atoms with E-state index in [9.17, 15) is 0 Å². The van der Waals surface area contributed by atoms with Crippen LogP contribution in [0, 0.1) is 0 Å². The maximum Gasteiger partial charge on any atom is 0.0369 e. The quantitative estimate of drug-likeness (QED) is 0.773. The number of benzene rings is 1. The van der Waals surface area contributed by atoms with Gasteiger partial charge in [-0.3, -0.25) is 0 Å². The van der Waals surface area contributed by atoms with Crippen molar-refractivity contribution in [1.82, 2.24) is 0 Å². The maximum absolute atomic E-state index is 2.54. The van der Waals surface area contributed by atoms with Gasteiger partial charge in [0.1, 0.15) is 0 Å². The van der Waals surface area contributed by atoms with Crippen molar-refractivity contribution in [3.8, 4) is 0 Å². The van der Waals surface area contributed by atoms with Gasteiger partial charge in [0.25, 0.3) is 0 Å². The second kappa shape index (κ2) is 6.34. The first-order valence-corrected chi connectivity index (χ1v) is 7.82. The lowest BCUT2D eigenvalue weighted by atomic mass is 10.1. The maximum atomic E-state index is 2.54. The molecule has 1 aliphatic heterocycles. The molecular formula is C15H23NS. The highest BCUT2D eigenvalue weighted by atomic mass is 32.2. The summed E-state index contributed by atoms with van der Waals surface area (Å²) >= 11 is 2.02. The van der Waals surface area contributed by atoms with Crippen molar-refractivity contribution in [1.29, 1.82) is 0 Å². The molecule has 0 spiro atoms. The van der Waals surface area contributed by atoms with E-state index in [1.807, 2.05) is 11.8 Å². The topological polar surface area (TPSA) is 3.24 Å². The average Bonchev–Trinajstić information content (AvgIpc) is 2.40. The summed E-state index contributed by atoms with van der Waals surface area (Å²) < 4.78 is 0. The van der Waals surface area contributed by atoms with Crippen molar-refractivity contribution < 1.29 is 0 Å². The van der Waals surface area contributed by atoms with Crippen LogP contribution in [0.5, 0.6) is 0 Å². The lowest BCUT2D eigenvalue weighted by Gasteiger charge is -2.29. The van der Waals surface area contributed by atoms with Crippen LogP contribution in [0.3, 0.4) is 0 Å². The number of rotatable bonds is 4. The number of hydrogen-bond donors (Lipinski definition) is 0. The van der Waals surface area contributed by atoms with E-state index >= 15 is 0 Å². The number of anilines is 1. The summed E-state index contributed by atoms with van der Waals surface area (Å²) in [4.78, 5) is 2.54. The Bertz CT molecular complexity index is 345. The minimum Gasteiger partial charge on any atom is -0.372 e. The molecule has 1 aliphatic rings. The molecule has 1 aromatic carbocycles. The molecule has 17 heavy (non-hydrogen) atoms. The zero-order valence-corrected chi connectivity index (χ0v) is 11.8. The third kappa shape index (κ3) is 3.41. The molecule has 1 aromatic rings. The Morgan fingerprint density at radius 3 is 2.71 bits per heavy atom. The largest absolute Gasteiger partial charge is 0.372 e. The van der Waals surface area contributed by atoms with Crippen LogP contribution < -0.4 is 4.90 Å².